The maximum Gasteiger partial charge on any atom is 0.216 e. The van der Waals surface area contributed by atoms with Crippen molar-refractivity contribution in [2.24, 2.45) is 0 Å². The number of amides is 1. The first-order valence-corrected chi connectivity index (χ1v) is 6.28. The van der Waals surface area contributed by atoms with Gasteiger partial charge in [-0.25, -0.2) is 4.98 Å². The third-order valence-electron chi connectivity index (χ3n) is 2.39. The summed E-state index contributed by atoms with van der Waals surface area (Å²) >= 11 is 1.38. The molecule has 6 heteroatoms. The lowest BCUT2D eigenvalue weighted by molar-refractivity contribution is -0.119. The van der Waals surface area contributed by atoms with Crippen LogP contribution < -0.4 is 5.32 Å². The van der Waals surface area contributed by atoms with E-state index >= 15 is 0 Å². The number of rotatable bonds is 5. The molecule has 0 radical (unpaired) electrons. The molecule has 3 N–H and O–H groups in total. The molecule has 0 aliphatic rings. The Morgan fingerprint density at radius 2 is 2.12 bits per heavy atom. The second kappa shape index (κ2) is 6.09. The standard InChI is InChI=1S/C11H18N2O3S/c1-6-11(17-8(3)13-6)10(16)9(15)4-5-12-7(2)14/h9-10,15-16H,4-5H2,1-3H3,(H,12,14). The average molecular weight is 258 g/mol. The highest BCUT2D eigenvalue weighted by Gasteiger charge is 2.22. The number of hydrogen-bond acceptors (Lipinski definition) is 5. The van der Waals surface area contributed by atoms with Crippen molar-refractivity contribution in [1.82, 2.24) is 10.3 Å². The Morgan fingerprint density at radius 1 is 1.47 bits per heavy atom. The first kappa shape index (κ1) is 14.1. The minimum atomic E-state index is -0.935. The molecule has 0 spiro atoms. The van der Waals surface area contributed by atoms with E-state index < -0.39 is 12.2 Å². The normalized spacial score (nSPS) is 14.4. The van der Waals surface area contributed by atoms with Crippen LogP contribution in [0.15, 0.2) is 0 Å². The number of aliphatic hydroxyl groups excluding tert-OH is 2. The van der Waals surface area contributed by atoms with E-state index in [1.54, 1.807) is 0 Å². The molecule has 0 aliphatic heterocycles. The number of thiazole rings is 1. The molecule has 0 aromatic carbocycles. The maximum absolute atomic E-state index is 10.7. The minimum Gasteiger partial charge on any atom is -0.390 e. The molecule has 2 atom stereocenters. The summed E-state index contributed by atoms with van der Waals surface area (Å²) in [6, 6.07) is 0. The fourth-order valence-corrected chi connectivity index (χ4v) is 2.52. The molecule has 1 aromatic rings. The van der Waals surface area contributed by atoms with Crippen LogP contribution in [0.5, 0.6) is 0 Å². The van der Waals surface area contributed by atoms with Crippen LogP contribution >= 0.6 is 11.3 Å². The van der Waals surface area contributed by atoms with E-state index in [2.05, 4.69) is 10.3 Å². The average Bonchev–Trinajstić information content (AvgIpc) is 2.56. The number of aromatic nitrogens is 1. The molecular formula is C11H18N2O3S. The molecule has 96 valence electrons. The van der Waals surface area contributed by atoms with Crippen LogP contribution in [-0.2, 0) is 4.79 Å². The van der Waals surface area contributed by atoms with Gasteiger partial charge in [0.05, 0.1) is 21.7 Å². The van der Waals surface area contributed by atoms with Crippen molar-refractivity contribution in [3.05, 3.63) is 15.6 Å². The van der Waals surface area contributed by atoms with E-state index in [1.807, 2.05) is 13.8 Å². The van der Waals surface area contributed by atoms with Gasteiger partial charge in [-0.05, 0) is 20.3 Å². The fourth-order valence-electron chi connectivity index (χ4n) is 1.55. The minimum absolute atomic E-state index is 0.142. The summed E-state index contributed by atoms with van der Waals surface area (Å²) in [6.07, 6.45) is -1.51. The number of carbonyl (C=O) groups is 1. The van der Waals surface area contributed by atoms with Gasteiger partial charge in [-0.3, -0.25) is 4.79 Å². The zero-order chi connectivity index (χ0) is 13.0. The van der Waals surface area contributed by atoms with Gasteiger partial charge in [0.2, 0.25) is 5.91 Å². The summed E-state index contributed by atoms with van der Waals surface area (Å²) in [6.45, 7) is 5.43. The summed E-state index contributed by atoms with van der Waals surface area (Å²) in [5.74, 6) is -0.142. The molecule has 0 saturated carbocycles. The van der Waals surface area contributed by atoms with Crippen LogP contribution in [0.25, 0.3) is 0 Å². The summed E-state index contributed by atoms with van der Waals surface area (Å²) in [5.41, 5.74) is 0.749. The quantitative estimate of drug-likeness (QED) is 0.725. The van der Waals surface area contributed by atoms with E-state index in [9.17, 15) is 15.0 Å². The van der Waals surface area contributed by atoms with Crippen molar-refractivity contribution >= 4 is 17.2 Å². The topological polar surface area (TPSA) is 82.5 Å². The van der Waals surface area contributed by atoms with Crippen LogP contribution in [0.4, 0.5) is 0 Å². The number of nitrogens with one attached hydrogen (secondary N) is 1. The number of aryl methyl sites for hydroxylation is 2. The van der Waals surface area contributed by atoms with E-state index in [4.69, 9.17) is 0 Å². The zero-order valence-electron chi connectivity index (χ0n) is 10.2. The van der Waals surface area contributed by atoms with Gasteiger partial charge in [-0.15, -0.1) is 11.3 Å². The van der Waals surface area contributed by atoms with Crippen LogP contribution in [0.2, 0.25) is 0 Å². The van der Waals surface area contributed by atoms with Gasteiger partial charge >= 0.3 is 0 Å². The van der Waals surface area contributed by atoms with Gasteiger partial charge < -0.3 is 15.5 Å². The molecule has 0 saturated heterocycles. The summed E-state index contributed by atoms with van der Waals surface area (Å²) in [7, 11) is 0. The number of carbonyl (C=O) groups excluding carboxylic acids is 1. The third kappa shape index (κ3) is 4.07. The predicted octanol–water partition coefficient (Wildman–Crippen LogP) is 0.680. The lowest BCUT2D eigenvalue weighted by Gasteiger charge is -2.17. The van der Waals surface area contributed by atoms with Crippen LogP contribution in [0.1, 0.15) is 35.0 Å². The molecular weight excluding hydrogens is 240 g/mol. The van der Waals surface area contributed by atoms with Crippen molar-refractivity contribution in [1.29, 1.82) is 0 Å². The molecule has 1 aromatic heterocycles. The SMILES string of the molecule is CC(=O)NCCC(O)C(O)c1sc(C)nc1C. The first-order chi connectivity index (χ1) is 7.91. The third-order valence-corrected chi connectivity index (χ3v) is 3.53. The molecule has 1 amide bonds. The molecule has 1 heterocycles. The predicted molar refractivity (Wildman–Crippen MR) is 65.9 cm³/mol. The Labute approximate surface area is 105 Å². The van der Waals surface area contributed by atoms with Gasteiger partial charge in [0.15, 0.2) is 0 Å². The highest BCUT2D eigenvalue weighted by molar-refractivity contribution is 7.11. The lowest BCUT2D eigenvalue weighted by atomic mass is 10.1. The van der Waals surface area contributed by atoms with Gasteiger partial charge in [0, 0.05) is 13.5 Å². The van der Waals surface area contributed by atoms with Crippen LogP contribution in [0.3, 0.4) is 0 Å². The molecule has 5 nitrogen and oxygen atoms in total. The Kier molecular flexibility index (Phi) is 5.04. The summed E-state index contributed by atoms with van der Waals surface area (Å²) < 4.78 is 0. The van der Waals surface area contributed by atoms with Gasteiger partial charge in [0.1, 0.15) is 6.10 Å². The lowest BCUT2D eigenvalue weighted by Crippen LogP contribution is -2.27. The molecule has 0 bridgehead atoms. The number of hydrogen-bond donors (Lipinski definition) is 3. The number of aliphatic hydroxyl groups is 2. The van der Waals surface area contributed by atoms with Crippen LogP contribution in [0, 0.1) is 13.8 Å². The highest BCUT2D eigenvalue weighted by atomic mass is 32.1. The Morgan fingerprint density at radius 3 is 2.59 bits per heavy atom. The zero-order valence-corrected chi connectivity index (χ0v) is 11.0. The van der Waals surface area contributed by atoms with Crippen molar-refractivity contribution in [3.8, 4) is 0 Å². The van der Waals surface area contributed by atoms with Crippen molar-refractivity contribution in [2.45, 2.75) is 39.4 Å². The van der Waals surface area contributed by atoms with Crippen molar-refractivity contribution in [3.63, 3.8) is 0 Å². The van der Waals surface area contributed by atoms with Crippen LogP contribution in [-0.4, -0.2) is 33.8 Å². The Balaban J connectivity index is 2.54. The smallest absolute Gasteiger partial charge is 0.216 e. The largest absolute Gasteiger partial charge is 0.390 e. The summed E-state index contributed by atoms with van der Waals surface area (Å²) in [4.78, 5) is 15.6. The first-order valence-electron chi connectivity index (χ1n) is 5.46. The van der Waals surface area contributed by atoms with Gasteiger partial charge in [-0.1, -0.05) is 0 Å². The number of nitrogens with zero attached hydrogens (tertiary/aromatic N) is 1. The second-order valence-electron chi connectivity index (χ2n) is 3.97. The fraction of sp³-hybridized carbons (Fsp3) is 0.636. The van der Waals surface area contributed by atoms with Crippen molar-refractivity contribution < 1.29 is 15.0 Å². The highest BCUT2D eigenvalue weighted by Crippen LogP contribution is 2.27. The second-order valence-corrected chi connectivity index (χ2v) is 5.20. The van der Waals surface area contributed by atoms with Gasteiger partial charge in [0.25, 0.3) is 0 Å². The Bertz CT molecular complexity index is 392. The summed E-state index contributed by atoms with van der Waals surface area (Å²) in [5, 5.41) is 23.2. The Hall–Kier alpha value is -0.980. The van der Waals surface area contributed by atoms with E-state index in [-0.39, 0.29) is 5.91 Å². The van der Waals surface area contributed by atoms with E-state index in [1.165, 1.54) is 18.3 Å². The molecule has 0 fully saturated rings. The molecule has 17 heavy (non-hydrogen) atoms. The molecule has 1 rings (SSSR count). The van der Waals surface area contributed by atoms with E-state index in [0.29, 0.717) is 17.8 Å². The van der Waals surface area contributed by atoms with Crippen molar-refractivity contribution in [2.75, 3.05) is 6.54 Å². The van der Waals surface area contributed by atoms with Gasteiger partial charge in [-0.2, -0.15) is 0 Å². The van der Waals surface area contributed by atoms with E-state index in [0.717, 1.165) is 10.7 Å². The molecule has 0 aliphatic carbocycles. The maximum atomic E-state index is 10.7. The molecule has 2 unspecified atom stereocenters. The monoisotopic (exact) mass is 258 g/mol.